The summed E-state index contributed by atoms with van der Waals surface area (Å²) in [7, 11) is 0. The van der Waals surface area contributed by atoms with Crippen LogP contribution in [0.15, 0.2) is 30.6 Å². The molecule has 1 spiro atoms. The van der Waals surface area contributed by atoms with Gasteiger partial charge in [0.25, 0.3) is 5.91 Å². The van der Waals surface area contributed by atoms with Gasteiger partial charge in [0, 0.05) is 54.3 Å². The zero-order chi connectivity index (χ0) is 19.3. The molecule has 1 N–H and O–H groups in total. The van der Waals surface area contributed by atoms with Crippen molar-refractivity contribution in [3.05, 3.63) is 47.5 Å². The second kappa shape index (κ2) is 6.51. The first kappa shape index (κ1) is 17.6. The molecule has 28 heavy (non-hydrogen) atoms. The standard InChI is InChI=1S/C21H25N5O2/c1-13-9-14(2)25-20(24-13)26-11-17-16(18-3-6-21(17,12-26)28-18)10-23-19(27)15-4-7-22-8-5-15/h4-5,7-9,16-18H,3,6,10-12H2,1-2H3,(H,23,27)/t16-,17+,18+,21+/m0/s1. The highest BCUT2D eigenvalue weighted by Gasteiger charge is 2.63. The zero-order valence-electron chi connectivity index (χ0n) is 16.3. The minimum Gasteiger partial charge on any atom is -0.369 e. The number of anilines is 1. The molecular formula is C21H25N5O2. The SMILES string of the molecule is Cc1cc(C)nc(N2C[C@@H]3[C@H](CNC(=O)c4ccncc4)[C@H]4CC[C@]3(C2)O4)n1. The number of hydrogen-bond acceptors (Lipinski definition) is 6. The zero-order valence-corrected chi connectivity index (χ0v) is 16.3. The van der Waals surface area contributed by atoms with Crippen LogP contribution in [0.4, 0.5) is 5.95 Å². The van der Waals surface area contributed by atoms with Crippen molar-refractivity contribution in [3.63, 3.8) is 0 Å². The third-order valence-corrected chi connectivity index (χ3v) is 6.48. The number of fused-ring (bicyclic) bond motifs is 1. The minimum atomic E-state index is -0.113. The van der Waals surface area contributed by atoms with Gasteiger partial charge in [0.05, 0.1) is 18.2 Å². The van der Waals surface area contributed by atoms with Crippen molar-refractivity contribution >= 4 is 11.9 Å². The summed E-state index contributed by atoms with van der Waals surface area (Å²) in [6.45, 7) is 6.38. The topological polar surface area (TPSA) is 80.2 Å². The Labute approximate surface area is 164 Å². The predicted molar refractivity (Wildman–Crippen MR) is 104 cm³/mol. The predicted octanol–water partition coefficient (Wildman–Crippen LogP) is 1.90. The first-order valence-electron chi connectivity index (χ1n) is 9.97. The second-order valence-corrected chi connectivity index (χ2v) is 8.31. The number of carbonyl (C=O) groups excluding carboxylic acids is 1. The lowest BCUT2D eigenvalue weighted by Crippen LogP contribution is -2.41. The molecule has 2 aromatic heterocycles. The van der Waals surface area contributed by atoms with E-state index in [4.69, 9.17) is 4.74 Å². The highest BCUT2D eigenvalue weighted by molar-refractivity contribution is 5.93. The molecule has 0 saturated carbocycles. The Hall–Kier alpha value is -2.54. The van der Waals surface area contributed by atoms with Crippen LogP contribution in [-0.2, 0) is 4.74 Å². The average molecular weight is 379 g/mol. The molecule has 2 aromatic rings. The largest absolute Gasteiger partial charge is 0.369 e. The Morgan fingerprint density at radius 3 is 2.79 bits per heavy atom. The van der Waals surface area contributed by atoms with Crippen LogP contribution in [0.2, 0.25) is 0 Å². The number of carbonyl (C=O) groups is 1. The van der Waals surface area contributed by atoms with E-state index in [2.05, 4.69) is 25.2 Å². The molecule has 146 valence electrons. The van der Waals surface area contributed by atoms with Gasteiger partial charge in [-0.3, -0.25) is 9.78 Å². The number of aryl methyl sites for hydroxylation is 2. The highest BCUT2D eigenvalue weighted by atomic mass is 16.5. The van der Waals surface area contributed by atoms with Crippen molar-refractivity contribution < 1.29 is 9.53 Å². The number of nitrogens with one attached hydrogen (secondary N) is 1. The Kier molecular flexibility index (Phi) is 4.08. The van der Waals surface area contributed by atoms with Crippen LogP contribution in [0.25, 0.3) is 0 Å². The highest BCUT2D eigenvalue weighted by Crippen LogP contribution is 2.54. The van der Waals surface area contributed by atoms with E-state index in [0.29, 0.717) is 23.9 Å². The molecule has 3 aliphatic heterocycles. The van der Waals surface area contributed by atoms with Gasteiger partial charge in [-0.15, -0.1) is 0 Å². The van der Waals surface area contributed by atoms with Gasteiger partial charge in [-0.25, -0.2) is 9.97 Å². The van der Waals surface area contributed by atoms with Crippen molar-refractivity contribution in [3.8, 4) is 0 Å². The van der Waals surface area contributed by atoms with Crippen LogP contribution in [0.5, 0.6) is 0 Å². The Morgan fingerprint density at radius 2 is 2.04 bits per heavy atom. The first-order valence-corrected chi connectivity index (χ1v) is 9.97. The van der Waals surface area contributed by atoms with E-state index in [0.717, 1.165) is 43.3 Å². The average Bonchev–Trinajstić information content (AvgIpc) is 3.34. The first-order chi connectivity index (χ1) is 13.5. The molecule has 3 saturated heterocycles. The molecule has 3 aliphatic rings. The molecule has 5 rings (SSSR count). The van der Waals surface area contributed by atoms with E-state index in [9.17, 15) is 4.79 Å². The Morgan fingerprint density at radius 1 is 1.29 bits per heavy atom. The third kappa shape index (κ3) is 2.85. The number of aromatic nitrogens is 3. The van der Waals surface area contributed by atoms with Crippen LogP contribution in [0.1, 0.15) is 34.6 Å². The summed E-state index contributed by atoms with van der Waals surface area (Å²) in [5, 5.41) is 3.11. The van der Waals surface area contributed by atoms with E-state index < -0.39 is 0 Å². The quantitative estimate of drug-likeness (QED) is 0.874. The molecular weight excluding hydrogens is 354 g/mol. The van der Waals surface area contributed by atoms with Gasteiger partial charge in [0.2, 0.25) is 5.95 Å². The van der Waals surface area contributed by atoms with Gasteiger partial charge in [-0.2, -0.15) is 0 Å². The maximum atomic E-state index is 12.4. The summed E-state index contributed by atoms with van der Waals surface area (Å²) in [6, 6.07) is 5.48. The fourth-order valence-corrected chi connectivity index (χ4v) is 5.28. The molecule has 0 unspecified atom stereocenters. The minimum absolute atomic E-state index is 0.0493. The smallest absolute Gasteiger partial charge is 0.251 e. The molecule has 2 bridgehead atoms. The van der Waals surface area contributed by atoms with E-state index in [1.54, 1.807) is 24.5 Å². The van der Waals surface area contributed by atoms with Gasteiger partial charge < -0.3 is 15.0 Å². The Balaban J connectivity index is 1.31. The van der Waals surface area contributed by atoms with Crippen molar-refractivity contribution in [2.45, 2.75) is 38.4 Å². The molecule has 3 fully saturated rings. The van der Waals surface area contributed by atoms with Gasteiger partial charge in [-0.1, -0.05) is 0 Å². The van der Waals surface area contributed by atoms with Gasteiger partial charge in [-0.05, 0) is 44.9 Å². The van der Waals surface area contributed by atoms with Gasteiger partial charge >= 0.3 is 0 Å². The third-order valence-electron chi connectivity index (χ3n) is 6.48. The number of pyridine rings is 1. The normalized spacial score (nSPS) is 30.5. The number of rotatable bonds is 4. The summed E-state index contributed by atoms with van der Waals surface area (Å²) in [4.78, 5) is 28.0. The molecule has 5 heterocycles. The van der Waals surface area contributed by atoms with Crippen molar-refractivity contribution in [1.29, 1.82) is 0 Å². The number of nitrogens with zero attached hydrogens (tertiary/aromatic N) is 4. The fraction of sp³-hybridized carbons (Fsp3) is 0.524. The van der Waals surface area contributed by atoms with E-state index in [1.165, 1.54) is 0 Å². The van der Waals surface area contributed by atoms with Crippen LogP contribution in [0.3, 0.4) is 0 Å². The monoisotopic (exact) mass is 379 g/mol. The number of ether oxygens (including phenoxy) is 1. The maximum Gasteiger partial charge on any atom is 0.251 e. The van der Waals surface area contributed by atoms with Crippen LogP contribution in [0, 0.1) is 25.7 Å². The second-order valence-electron chi connectivity index (χ2n) is 8.31. The van der Waals surface area contributed by atoms with Crippen molar-refractivity contribution in [1.82, 2.24) is 20.3 Å². The summed E-state index contributed by atoms with van der Waals surface area (Å²) >= 11 is 0. The molecule has 0 aliphatic carbocycles. The van der Waals surface area contributed by atoms with Crippen LogP contribution in [-0.4, -0.2) is 52.2 Å². The number of hydrogen-bond donors (Lipinski definition) is 1. The van der Waals surface area contributed by atoms with Gasteiger partial charge in [0.15, 0.2) is 0 Å². The molecule has 0 aromatic carbocycles. The van der Waals surface area contributed by atoms with Gasteiger partial charge in [0.1, 0.15) is 0 Å². The lowest BCUT2D eigenvalue weighted by molar-refractivity contribution is 0.0141. The lowest BCUT2D eigenvalue weighted by atomic mass is 9.73. The summed E-state index contributed by atoms with van der Waals surface area (Å²) in [5.74, 6) is 1.48. The van der Waals surface area contributed by atoms with E-state index in [-0.39, 0.29) is 17.6 Å². The van der Waals surface area contributed by atoms with Crippen molar-refractivity contribution in [2.24, 2.45) is 11.8 Å². The Bertz CT molecular complexity index is 885. The molecule has 0 radical (unpaired) electrons. The number of amides is 1. The van der Waals surface area contributed by atoms with Crippen LogP contribution >= 0.6 is 0 Å². The molecule has 4 atom stereocenters. The molecule has 7 nitrogen and oxygen atoms in total. The van der Waals surface area contributed by atoms with E-state index >= 15 is 0 Å². The van der Waals surface area contributed by atoms with Crippen molar-refractivity contribution in [2.75, 3.05) is 24.5 Å². The summed E-state index contributed by atoms with van der Waals surface area (Å²) < 4.78 is 6.49. The summed E-state index contributed by atoms with van der Waals surface area (Å²) in [6.07, 6.45) is 5.67. The fourth-order valence-electron chi connectivity index (χ4n) is 5.28. The lowest BCUT2D eigenvalue weighted by Gasteiger charge is -2.29. The molecule has 1 amide bonds. The molecule has 7 heteroatoms. The maximum absolute atomic E-state index is 12.4. The van der Waals surface area contributed by atoms with Crippen LogP contribution < -0.4 is 10.2 Å². The van der Waals surface area contributed by atoms with E-state index in [1.807, 2.05) is 19.9 Å². The summed E-state index contributed by atoms with van der Waals surface area (Å²) in [5.41, 5.74) is 2.51.